The highest BCUT2D eigenvalue weighted by Gasteiger charge is 2.07. The Morgan fingerprint density at radius 3 is 2.20 bits per heavy atom. The molecule has 0 saturated carbocycles. The van der Waals surface area contributed by atoms with Crippen LogP contribution in [0.1, 0.15) is 10.4 Å². The standard InChI is InChI=1S/C11H6Br2O2/c12-9-3-4-10(13)8-5-6(11(14)15)1-2-7(8)9/h1-5H,(H,14,15). The maximum Gasteiger partial charge on any atom is 0.335 e. The van der Waals surface area contributed by atoms with Crippen molar-refractivity contribution in [2.45, 2.75) is 0 Å². The lowest BCUT2D eigenvalue weighted by molar-refractivity contribution is 0.0697. The molecule has 2 aromatic carbocycles. The van der Waals surface area contributed by atoms with E-state index in [1.54, 1.807) is 18.2 Å². The molecule has 0 bridgehead atoms. The summed E-state index contributed by atoms with van der Waals surface area (Å²) in [6, 6.07) is 8.87. The summed E-state index contributed by atoms with van der Waals surface area (Å²) in [5, 5.41) is 10.8. The van der Waals surface area contributed by atoms with Gasteiger partial charge in [0.1, 0.15) is 0 Å². The molecule has 2 aromatic rings. The van der Waals surface area contributed by atoms with Gasteiger partial charge in [-0.2, -0.15) is 0 Å². The first-order chi connectivity index (χ1) is 7.09. The number of aromatic carboxylic acids is 1. The monoisotopic (exact) mass is 328 g/mol. The third-order valence-electron chi connectivity index (χ3n) is 2.16. The Kier molecular flexibility index (Phi) is 2.80. The van der Waals surface area contributed by atoms with Crippen molar-refractivity contribution in [3.63, 3.8) is 0 Å². The highest BCUT2D eigenvalue weighted by Crippen LogP contribution is 2.30. The highest BCUT2D eigenvalue weighted by atomic mass is 79.9. The van der Waals surface area contributed by atoms with Crippen LogP contribution in [0.5, 0.6) is 0 Å². The molecular weight excluding hydrogens is 324 g/mol. The lowest BCUT2D eigenvalue weighted by Gasteiger charge is -2.04. The number of halogens is 2. The van der Waals surface area contributed by atoms with Gasteiger partial charge < -0.3 is 5.11 Å². The molecule has 0 atom stereocenters. The molecule has 4 heteroatoms. The highest BCUT2D eigenvalue weighted by molar-refractivity contribution is 9.11. The molecule has 0 radical (unpaired) electrons. The van der Waals surface area contributed by atoms with Crippen molar-refractivity contribution >= 4 is 48.6 Å². The molecule has 0 fully saturated rings. The number of carboxylic acid groups (broad SMARTS) is 1. The van der Waals surface area contributed by atoms with Crippen LogP contribution >= 0.6 is 31.9 Å². The van der Waals surface area contributed by atoms with Crippen molar-refractivity contribution in [3.05, 3.63) is 44.8 Å². The molecule has 0 unspecified atom stereocenters. The Balaban J connectivity index is 2.81. The van der Waals surface area contributed by atoms with Crippen LogP contribution in [-0.4, -0.2) is 11.1 Å². The van der Waals surface area contributed by atoms with Crippen molar-refractivity contribution in [1.29, 1.82) is 0 Å². The lowest BCUT2D eigenvalue weighted by atomic mass is 10.1. The van der Waals surface area contributed by atoms with Gasteiger partial charge >= 0.3 is 5.97 Å². The first-order valence-electron chi connectivity index (χ1n) is 4.20. The van der Waals surface area contributed by atoms with Crippen molar-refractivity contribution in [1.82, 2.24) is 0 Å². The van der Waals surface area contributed by atoms with E-state index < -0.39 is 5.97 Å². The number of fused-ring (bicyclic) bond motifs is 1. The molecule has 0 aliphatic rings. The van der Waals surface area contributed by atoms with Crippen molar-refractivity contribution in [3.8, 4) is 0 Å². The predicted octanol–water partition coefficient (Wildman–Crippen LogP) is 4.06. The van der Waals surface area contributed by atoms with E-state index in [0.29, 0.717) is 5.56 Å². The molecule has 15 heavy (non-hydrogen) atoms. The van der Waals surface area contributed by atoms with Crippen molar-refractivity contribution in [2.24, 2.45) is 0 Å². The van der Waals surface area contributed by atoms with Crippen molar-refractivity contribution < 1.29 is 9.90 Å². The van der Waals surface area contributed by atoms with Gasteiger partial charge in [0.2, 0.25) is 0 Å². The van der Waals surface area contributed by atoms with Gasteiger partial charge in [0.05, 0.1) is 5.56 Å². The minimum absolute atomic E-state index is 0.293. The quantitative estimate of drug-likeness (QED) is 0.856. The number of hydrogen-bond acceptors (Lipinski definition) is 1. The maximum atomic E-state index is 10.8. The molecule has 0 aliphatic carbocycles. The summed E-state index contributed by atoms with van der Waals surface area (Å²) in [7, 11) is 0. The molecular formula is C11H6Br2O2. The molecule has 1 N–H and O–H groups in total. The Morgan fingerprint density at radius 1 is 1.00 bits per heavy atom. The fourth-order valence-electron chi connectivity index (χ4n) is 1.41. The molecule has 0 saturated heterocycles. The fraction of sp³-hybridized carbons (Fsp3) is 0. The molecule has 2 rings (SSSR count). The SMILES string of the molecule is O=C(O)c1ccc2c(Br)ccc(Br)c2c1. The number of rotatable bonds is 1. The Labute approximate surface area is 103 Å². The average Bonchev–Trinajstić information content (AvgIpc) is 2.23. The number of carbonyl (C=O) groups is 1. The zero-order valence-electron chi connectivity index (χ0n) is 7.50. The largest absolute Gasteiger partial charge is 0.478 e. The van der Waals surface area contributed by atoms with Crippen LogP contribution in [0.15, 0.2) is 39.3 Å². The minimum atomic E-state index is -0.913. The fourth-order valence-corrected chi connectivity index (χ4v) is 2.35. The van der Waals surface area contributed by atoms with Crippen LogP contribution in [0.2, 0.25) is 0 Å². The van der Waals surface area contributed by atoms with Crippen LogP contribution in [-0.2, 0) is 0 Å². The summed E-state index contributed by atoms with van der Waals surface area (Å²) in [5.74, 6) is -0.913. The Hall–Kier alpha value is -0.870. The molecule has 0 amide bonds. The normalized spacial score (nSPS) is 10.5. The average molecular weight is 330 g/mol. The van der Waals surface area contributed by atoms with Crippen molar-refractivity contribution in [2.75, 3.05) is 0 Å². The van der Waals surface area contributed by atoms with Crippen LogP contribution < -0.4 is 0 Å². The van der Waals surface area contributed by atoms with E-state index in [1.807, 2.05) is 12.1 Å². The van der Waals surface area contributed by atoms with Gasteiger partial charge in [-0.05, 0) is 35.0 Å². The first-order valence-corrected chi connectivity index (χ1v) is 5.79. The maximum absolute atomic E-state index is 10.8. The lowest BCUT2D eigenvalue weighted by Crippen LogP contribution is -1.95. The van der Waals surface area contributed by atoms with Gasteiger partial charge in [-0.15, -0.1) is 0 Å². The smallest absolute Gasteiger partial charge is 0.335 e. The van der Waals surface area contributed by atoms with Gasteiger partial charge in [0.15, 0.2) is 0 Å². The van der Waals surface area contributed by atoms with Crippen LogP contribution in [0.3, 0.4) is 0 Å². The Bertz CT molecular complexity index is 550. The molecule has 2 nitrogen and oxygen atoms in total. The van der Waals surface area contributed by atoms with Crippen LogP contribution in [0.25, 0.3) is 10.8 Å². The summed E-state index contributed by atoms with van der Waals surface area (Å²) in [6.07, 6.45) is 0. The van der Waals surface area contributed by atoms with Crippen LogP contribution in [0, 0.1) is 0 Å². The topological polar surface area (TPSA) is 37.3 Å². The predicted molar refractivity (Wildman–Crippen MR) is 66.3 cm³/mol. The van der Waals surface area contributed by atoms with E-state index in [0.717, 1.165) is 19.7 Å². The molecule has 0 heterocycles. The summed E-state index contributed by atoms with van der Waals surface area (Å²) >= 11 is 6.82. The molecule has 76 valence electrons. The second-order valence-electron chi connectivity index (χ2n) is 3.09. The van der Waals surface area contributed by atoms with Crippen LogP contribution in [0.4, 0.5) is 0 Å². The van der Waals surface area contributed by atoms with E-state index in [9.17, 15) is 4.79 Å². The molecule has 0 aliphatic heterocycles. The summed E-state index contributed by atoms with van der Waals surface area (Å²) in [5.41, 5.74) is 0.293. The zero-order valence-corrected chi connectivity index (χ0v) is 10.7. The zero-order chi connectivity index (χ0) is 11.0. The number of benzene rings is 2. The first kappa shape index (κ1) is 10.6. The van der Waals surface area contributed by atoms with Gasteiger partial charge in [-0.25, -0.2) is 4.79 Å². The number of carboxylic acids is 1. The summed E-state index contributed by atoms with van der Waals surface area (Å²) < 4.78 is 1.85. The van der Waals surface area contributed by atoms with Gasteiger partial charge in [0.25, 0.3) is 0 Å². The third-order valence-corrected chi connectivity index (χ3v) is 3.54. The third kappa shape index (κ3) is 1.92. The van der Waals surface area contributed by atoms with Gasteiger partial charge in [-0.3, -0.25) is 0 Å². The molecule has 0 aromatic heterocycles. The second-order valence-corrected chi connectivity index (χ2v) is 4.80. The second kappa shape index (κ2) is 3.94. The summed E-state index contributed by atoms with van der Waals surface area (Å²) in [4.78, 5) is 10.8. The van der Waals surface area contributed by atoms with E-state index >= 15 is 0 Å². The summed E-state index contributed by atoms with van der Waals surface area (Å²) in [6.45, 7) is 0. The Morgan fingerprint density at radius 2 is 1.60 bits per heavy atom. The van der Waals surface area contributed by atoms with Gasteiger partial charge in [0, 0.05) is 8.95 Å². The molecule has 0 spiro atoms. The van der Waals surface area contributed by atoms with E-state index in [-0.39, 0.29) is 0 Å². The van der Waals surface area contributed by atoms with E-state index in [4.69, 9.17) is 5.11 Å². The number of hydrogen-bond donors (Lipinski definition) is 1. The van der Waals surface area contributed by atoms with Gasteiger partial charge in [-0.1, -0.05) is 37.9 Å². The minimum Gasteiger partial charge on any atom is -0.478 e. The van der Waals surface area contributed by atoms with E-state index in [1.165, 1.54) is 0 Å². The van der Waals surface area contributed by atoms with E-state index in [2.05, 4.69) is 31.9 Å².